The van der Waals surface area contributed by atoms with Gasteiger partial charge in [-0.3, -0.25) is 0 Å². The van der Waals surface area contributed by atoms with Gasteiger partial charge < -0.3 is 19.6 Å². The van der Waals surface area contributed by atoms with Crippen LogP contribution in [0, 0.1) is 0 Å². The number of phenolic OH excluding ortho intramolecular Hbond substituents is 2. The van der Waals surface area contributed by atoms with Crippen LogP contribution in [0.25, 0.3) is 11.5 Å². The van der Waals surface area contributed by atoms with Gasteiger partial charge in [-0.1, -0.05) is 6.07 Å². The first kappa shape index (κ1) is 12.2. The van der Waals surface area contributed by atoms with Crippen LogP contribution in [0.2, 0.25) is 0 Å². The Hall–Kier alpha value is -2.24. The zero-order valence-electron chi connectivity index (χ0n) is 10.3. The van der Waals surface area contributed by atoms with Crippen molar-refractivity contribution in [1.82, 2.24) is 10.1 Å². The lowest BCUT2D eigenvalue weighted by Crippen LogP contribution is -2.22. The fourth-order valence-electron chi connectivity index (χ4n) is 1.66. The molecular weight excluding hydrogens is 234 g/mol. The average molecular weight is 249 g/mol. The van der Waals surface area contributed by atoms with Gasteiger partial charge in [0.1, 0.15) is 0 Å². The Kier molecular flexibility index (Phi) is 3.36. The van der Waals surface area contributed by atoms with Crippen molar-refractivity contribution in [2.24, 2.45) is 0 Å². The van der Waals surface area contributed by atoms with Crippen molar-refractivity contribution >= 4 is 5.95 Å². The number of aromatic hydroxyl groups is 2. The molecule has 0 amide bonds. The number of benzene rings is 1. The number of rotatable bonds is 4. The molecule has 0 spiro atoms. The van der Waals surface area contributed by atoms with Gasteiger partial charge in [-0.25, -0.2) is 0 Å². The Morgan fingerprint density at radius 3 is 2.61 bits per heavy atom. The van der Waals surface area contributed by atoms with Crippen LogP contribution in [-0.4, -0.2) is 33.4 Å². The molecule has 96 valence electrons. The van der Waals surface area contributed by atoms with Crippen LogP contribution >= 0.6 is 0 Å². The van der Waals surface area contributed by atoms with Crippen LogP contribution in [0.5, 0.6) is 11.5 Å². The number of para-hydroxylation sites is 1. The van der Waals surface area contributed by atoms with Gasteiger partial charge in [0.15, 0.2) is 11.5 Å². The van der Waals surface area contributed by atoms with E-state index in [0.29, 0.717) is 11.5 Å². The van der Waals surface area contributed by atoms with Gasteiger partial charge in [-0.15, -0.1) is 0 Å². The molecule has 0 radical (unpaired) electrons. The Morgan fingerprint density at radius 1 is 1.22 bits per heavy atom. The molecule has 0 atom stereocenters. The molecule has 0 saturated carbocycles. The molecular formula is C12H15N3O3. The summed E-state index contributed by atoms with van der Waals surface area (Å²) in [5, 5.41) is 23.0. The lowest BCUT2D eigenvalue weighted by atomic mass is 10.2. The number of hydrogen-bond donors (Lipinski definition) is 2. The number of phenols is 2. The van der Waals surface area contributed by atoms with Gasteiger partial charge in [-0.05, 0) is 31.1 Å². The van der Waals surface area contributed by atoms with E-state index >= 15 is 0 Å². The van der Waals surface area contributed by atoms with Crippen molar-refractivity contribution in [3.05, 3.63) is 18.2 Å². The van der Waals surface area contributed by atoms with E-state index in [0.717, 1.165) is 13.1 Å². The largest absolute Gasteiger partial charge is 0.504 e. The monoisotopic (exact) mass is 249 g/mol. The lowest BCUT2D eigenvalue weighted by Gasteiger charge is -2.14. The minimum atomic E-state index is -0.257. The summed E-state index contributed by atoms with van der Waals surface area (Å²) in [6.07, 6.45) is 0. The Balaban J connectivity index is 2.38. The summed E-state index contributed by atoms with van der Waals surface area (Å²) in [6.45, 7) is 5.51. The maximum atomic E-state index is 9.72. The fourth-order valence-corrected chi connectivity index (χ4v) is 1.66. The predicted octanol–water partition coefficient (Wildman–Crippen LogP) is 1.99. The SMILES string of the molecule is CCN(CC)c1noc(-c2cccc(O)c2O)n1. The quantitative estimate of drug-likeness (QED) is 0.806. The number of anilines is 1. The Bertz CT molecular complexity index is 535. The zero-order chi connectivity index (χ0) is 13.1. The molecule has 6 nitrogen and oxygen atoms in total. The molecule has 6 heteroatoms. The van der Waals surface area contributed by atoms with Gasteiger partial charge in [0.05, 0.1) is 5.56 Å². The van der Waals surface area contributed by atoms with Crippen LogP contribution in [0.4, 0.5) is 5.95 Å². The van der Waals surface area contributed by atoms with E-state index in [1.54, 1.807) is 12.1 Å². The first-order chi connectivity index (χ1) is 8.67. The molecule has 2 N–H and O–H groups in total. The Labute approximate surface area is 104 Å². The minimum Gasteiger partial charge on any atom is -0.504 e. The average Bonchev–Trinajstić information content (AvgIpc) is 2.84. The van der Waals surface area contributed by atoms with Crippen molar-refractivity contribution in [3.63, 3.8) is 0 Å². The molecule has 1 heterocycles. The molecule has 0 saturated heterocycles. The van der Waals surface area contributed by atoms with Gasteiger partial charge >= 0.3 is 0 Å². The molecule has 0 unspecified atom stereocenters. The van der Waals surface area contributed by atoms with Gasteiger partial charge in [-0.2, -0.15) is 4.98 Å². The fraction of sp³-hybridized carbons (Fsp3) is 0.333. The molecule has 18 heavy (non-hydrogen) atoms. The molecule has 0 bridgehead atoms. The van der Waals surface area contributed by atoms with E-state index < -0.39 is 0 Å². The second kappa shape index (κ2) is 4.95. The van der Waals surface area contributed by atoms with Gasteiger partial charge in [0, 0.05) is 13.1 Å². The standard InChI is InChI=1S/C12H15N3O3/c1-3-15(4-2)12-13-11(18-14-12)8-6-5-7-9(16)10(8)17/h5-7,16-17H,3-4H2,1-2H3. The highest BCUT2D eigenvalue weighted by Gasteiger charge is 2.17. The zero-order valence-corrected chi connectivity index (χ0v) is 10.3. The molecule has 0 aliphatic rings. The summed E-state index contributed by atoms with van der Waals surface area (Å²) in [6, 6.07) is 4.60. The van der Waals surface area contributed by atoms with Crippen molar-refractivity contribution in [3.8, 4) is 23.0 Å². The molecule has 1 aromatic carbocycles. The Morgan fingerprint density at radius 2 is 1.94 bits per heavy atom. The van der Waals surface area contributed by atoms with Crippen molar-refractivity contribution in [1.29, 1.82) is 0 Å². The molecule has 2 aromatic rings. The highest BCUT2D eigenvalue weighted by Crippen LogP contribution is 2.35. The van der Waals surface area contributed by atoms with E-state index in [2.05, 4.69) is 10.1 Å². The number of nitrogens with zero attached hydrogens (tertiary/aromatic N) is 3. The first-order valence-corrected chi connectivity index (χ1v) is 5.77. The molecule has 0 aliphatic carbocycles. The first-order valence-electron chi connectivity index (χ1n) is 5.77. The van der Waals surface area contributed by atoms with Gasteiger partial charge in [0.25, 0.3) is 11.8 Å². The summed E-state index contributed by atoms with van der Waals surface area (Å²) in [5.41, 5.74) is 0.320. The van der Waals surface area contributed by atoms with E-state index in [-0.39, 0.29) is 17.4 Å². The molecule has 1 aromatic heterocycles. The van der Waals surface area contributed by atoms with Crippen LogP contribution in [-0.2, 0) is 0 Å². The maximum Gasteiger partial charge on any atom is 0.266 e. The van der Waals surface area contributed by atoms with E-state index in [1.807, 2.05) is 18.7 Å². The summed E-state index contributed by atoms with van der Waals surface area (Å²) in [5.74, 6) is 0.186. The minimum absolute atomic E-state index is 0.185. The van der Waals surface area contributed by atoms with Crippen molar-refractivity contribution in [2.75, 3.05) is 18.0 Å². The normalized spacial score (nSPS) is 10.6. The smallest absolute Gasteiger partial charge is 0.266 e. The predicted molar refractivity (Wildman–Crippen MR) is 66.6 cm³/mol. The van der Waals surface area contributed by atoms with E-state index in [9.17, 15) is 10.2 Å². The highest BCUT2D eigenvalue weighted by molar-refractivity contribution is 5.67. The van der Waals surface area contributed by atoms with Crippen LogP contribution < -0.4 is 4.90 Å². The van der Waals surface area contributed by atoms with Gasteiger partial charge in [0.2, 0.25) is 0 Å². The third-order valence-electron chi connectivity index (χ3n) is 2.71. The summed E-state index contributed by atoms with van der Waals surface area (Å²) in [7, 11) is 0. The highest BCUT2D eigenvalue weighted by atomic mass is 16.5. The molecule has 2 rings (SSSR count). The van der Waals surface area contributed by atoms with Crippen LogP contribution in [0.15, 0.2) is 22.7 Å². The lowest BCUT2D eigenvalue weighted by molar-refractivity contribution is 0.397. The number of hydrogen-bond acceptors (Lipinski definition) is 6. The molecule has 0 fully saturated rings. The summed E-state index contributed by atoms with van der Waals surface area (Å²) < 4.78 is 5.10. The third kappa shape index (κ3) is 2.09. The van der Waals surface area contributed by atoms with E-state index in [4.69, 9.17) is 4.52 Å². The van der Waals surface area contributed by atoms with Crippen LogP contribution in [0.1, 0.15) is 13.8 Å². The summed E-state index contributed by atoms with van der Waals surface area (Å²) in [4.78, 5) is 6.12. The maximum absolute atomic E-state index is 9.72. The van der Waals surface area contributed by atoms with Crippen molar-refractivity contribution in [2.45, 2.75) is 13.8 Å². The second-order valence-corrected chi connectivity index (χ2v) is 3.75. The van der Waals surface area contributed by atoms with Crippen molar-refractivity contribution < 1.29 is 14.7 Å². The van der Waals surface area contributed by atoms with E-state index in [1.165, 1.54) is 6.07 Å². The second-order valence-electron chi connectivity index (χ2n) is 3.75. The summed E-state index contributed by atoms with van der Waals surface area (Å²) >= 11 is 0. The molecule has 0 aliphatic heterocycles. The number of aromatic nitrogens is 2. The topological polar surface area (TPSA) is 82.6 Å². The third-order valence-corrected chi connectivity index (χ3v) is 2.71. The van der Waals surface area contributed by atoms with Crippen LogP contribution in [0.3, 0.4) is 0 Å².